The second-order valence-corrected chi connectivity index (χ2v) is 6.17. The van der Waals surface area contributed by atoms with Crippen LogP contribution in [0.25, 0.3) is 0 Å². The average molecular weight is 356 g/mol. The SMILES string of the molecule is Fc1ccc(Nc2ncnc3c2CN(c2ncccc2Cl)CC3)cc1. The van der Waals surface area contributed by atoms with E-state index < -0.39 is 0 Å². The number of fused-ring (bicyclic) bond motifs is 1. The largest absolute Gasteiger partial charge is 0.350 e. The van der Waals surface area contributed by atoms with E-state index in [9.17, 15) is 4.39 Å². The standard InChI is InChI=1S/C18H15ClFN5/c19-15-2-1-8-21-18(15)25-9-7-16-14(10-25)17(23-11-22-16)24-13-5-3-12(20)4-6-13/h1-6,8,11H,7,9-10H2,(H,22,23,24). The Kier molecular flexibility index (Phi) is 4.19. The summed E-state index contributed by atoms with van der Waals surface area (Å²) in [6.45, 7) is 1.40. The molecule has 2 aromatic heterocycles. The monoisotopic (exact) mass is 355 g/mol. The molecule has 1 aliphatic rings. The number of anilines is 3. The van der Waals surface area contributed by atoms with Crippen molar-refractivity contribution in [2.75, 3.05) is 16.8 Å². The van der Waals surface area contributed by atoms with E-state index in [4.69, 9.17) is 11.6 Å². The van der Waals surface area contributed by atoms with E-state index in [1.54, 1.807) is 24.7 Å². The van der Waals surface area contributed by atoms with Crippen LogP contribution in [0.15, 0.2) is 48.9 Å². The molecule has 0 saturated carbocycles. The van der Waals surface area contributed by atoms with Gasteiger partial charge >= 0.3 is 0 Å². The lowest BCUT2D eigenvalue weighted by Gasteiger charge is -2.30. The van der Waals surface area contributed by atoms with E-state index in [-0.39, 0.29) is 5.82 Å². The van der Waals surface area contributed by atoms with Crippen molar-refractivity contribution in [3.8, 4) is 0 Å². The molecule has 25 heavy (non-hydrogen) atoms. The summed E-state index contributed by atoms with van der Waals surface area (Å²) < 4.78 is 13.1. The lowest BCUT2D eigenvalue weighted by Crippen LogP contribution is -2.32. The quantitative estimate of drug-likeness (QED) is 0.770. The van der Waals surface area contributed by atoms with Gasteiger partial charge in [-0.1, -0.05) is 11.6 Å². The molecule has 0 spiro atoms. The third-order valence-corrected chi connectivity index (χ3v) is 4.44. The maximum Gasteiger partial charge on any atom is 0.147 e. The van der Waals surface area contributed by atoms with Gasteiger partial charge in [0.05, 0.1) is 10.7 Å². The van der Waals surface area contributed by atoms with Crippen LogP contribution in [0, 0.1) is 5.82 Å². The van der Waals surface area contributed by atoms with Gasteiger partial charge in [-0.15, -0.1) is 0 Å². The van der Waals surface area contributed by atoms with E-state index in [1.165, 1.54) is 12.1 Å². The van der Waals surface area contributed by atoms with Crippen molar-refractivity contribution in [3.63, 3.8) is 0 Å². The predicted molar refractivity (Wildman–Crippen MR) is 95.7 cm³/mol. The first-order chi connectivity index (χ1) is 12.2. The zero-order chi connectivity index (χ0) is 17.2. The molecule has 1 N–H and O–H groups in total. The van der Waals surface area contributed by atoms with Crippen LogP contribution in [0.3, 0.4) is 0 Å². The van der Waals surface area contributed by atoms with Crippen LogP contribution in [0.2, 0.25) is 5.02 Å². The van der Waals surface area contributed by atoms with Crippen molar-refractivity contribution in [1.29, 1.82) is 0 Å². The molecule has 3 aromatic rings. The summed E-state index contributed by atoms with van der Waals surface area (Å²) in [5.74, 6) is 1.20. The van der Waals surface area contributed by atoms with Gasteiger partial charge in [-0.3, -0.25) is 0 Å². The molecule has 1 aromatic carbocycles. The molecule has 3 heterocycles. The van der Waals surface area contributed by atoms with Crippen molar-refractivity contribution in [2.24, 2.45) is 0 Å². The Bertz CT molecular complexity index is 900. The fourth-order valence-electron chi connectivity index (χ4n) is 2.91. The van der Waals surface area contributed by atoms with Gasteiger partial charge in [0.2, 0.25) is 0 Å². The zero-order valence-electron chi connectivity index (χ0n) is 13.3. The van der Waals surface area contributed by atoms with Crippen LogP contribution in [-0.2, 0) is 13.0 Å². The minimum Gasteiger partial charge on any atom is -0.350 e. The Labute approximate surface area is 149 Å². The molecule has 0 bridgehead atoms. The van der Waals surface area contributed by atoms with E-state index in [1.807, 2.05) is 12.1 Å². The van der Waals surface area contributed by atoms with Crippen molar-refractivity contribution >= 4 is 28.9 Å². The summed E-state index contributed by atoms with van der Waals surface area (Å²) in [5.41, 5.74) is 2.78. The highest BCUT2D eigenvalue weighted by molar-refractivity contribution is 6.32. The zero-order valence-corrected chi connectivity index (χ0v) is 14.0. The Morgan fingerprint density at radius 3 is 2.72 bits per heavy atom. The summed E-state index contributed by atoms with van der Waals surface area (Å²) in [6.07, 6.45) is 4.06. The number of nitrogens with zero attached hydrogens (tertiary/aromatic N) is 4. The van der Waals surface area contributed by atoms with Crippen molar-refractivity contribution in [3.05, 3.63) is 71.0 Å². The number of aromatic nitrogens is 3. The number of pyridine rings is 1. The highest BCUT2D eigenvalue weighted by atomic mass is 35.5. The third kappa shape index (κ3) is 3.25. The van der Waals surface area contributed by atoms with Crippen molar-refractivity contribution < 1.29 is 4.39 Å². The van der Waals surface area contributed by atoms with Crippen LogP contribution in [-0.4, -0.2) is 21.5 Å². The fourth-order valence-corrected chi connectivity index (χ4v) is 3.15. The lowest BCUT2D eigenvalue weighted by atomic mass is 10.1. The minimum absolute atomic E-state index is 0.272. The molecule has 0 amide bonds. The fraction of sp³-hybridized carbons (Fsp3) is 0.167. The van der Waals surface area contributed by atoms with Crippen LogP contribution >= 0.6 is 11.6 Å². The summed E-state index contributed by atoms with van der Waals surface area (Å²) >= 11 is 6.28. The number of halogens is 2. The topological polar surface area (TPSA) is 53.9 Å². The predicted octanol–water partition coefficient (Wildman–Crippen LogP) is 3.97. The smallest absolute Gasteiger partial charge is 0.147 e. The summed E-state index contributed by atoms with van der Waals surface area (Å²) in [6, 6.07) is 9.83. The van der Waals surface area contributed by atoms with Gasteiger partial charge in [-0.2, -0.15) is 0 Å². The third-order valence-electron chi connectivity index (χ3n) is 4.15. The molecular weight excluding hydrogens is 341 g/mol. The average Bonchev–Trinajstić information content (AvgIpc) is 2.64. The van der Waals surface area contributed by atoms with E-state index >= 15 is 0 Å². The van der Waals surface area contributed by atoms with Gasteiger partial charge in [0, 0.05) is 37.0 Å². The highest BCUT2D eigenvalue weighted by Gasteiger charge is 2.23. The molecule has 5 nitrogen and oxygen atoms in total. The van der Waals surface area contributed by atoms with Crippen LogP contribution in [0.1, 0.15) is 11.3 Å². The molecule has 0 saturated heterocycles. The van der Waals surface area contributed by atoms with Crippen LogP contribution in [0.5, 0.6) is 0 Å². The molecule has 0 unspecified atom stereocenters. The number of benzene rings is 1. The maximum absolute atomic E-state index is 13.1. The molecule has 0 radical (unpaired) electrons. The van der Waals surface area contributed by atoms with E-state index in [2.05, 4.69) is 25.2 Å². The second-order valence-electron chi connectivity index (χ2n) is 5.76. The Hall–Kier alpha value is -2.73. The van der Waals surface area contributed by atoms with Gasteiger partial charge in [0.15, 0.2) is 0 Å². The Morgan fingerprint density at radius 2 is 1.92 bits per heavy atom. The van der Waals surface area contributed by atoms with Gasteiger partial charge < -0.3 is 10.2 Å². The summed E-state index contributed by atoms with van der Waals surface area (Å²) in [7, 11) is 0. The molecule has 1 aliphatic heterocycles. The molecule has 4 rings (SSSR count). The summed E-state index contributed by atoms with van der Waals surface area (Å²) in [4.78, 5) is 15.3. The Balaban J connectivity index is 1.64. The second kappa shape index (κ2) is 6.64. The van der Waals surface area contributed by atoms with Gasteiger partial charge in [-0.25, -0.2) is 19.3 Å². The number of nitrogens with one attached hydrogen (secondary N) is 1. The number of hydrogen-bond acceptors (Lipinski definition) is 5. The molecule has 0 atom stereocenters. The number of rotatable bonds is 3. The van der Waals surface area contributed by atoms with Gasteiger partial charge in [0.1, 0.15) is 23.8 Å². The highest BCUT2D eigenvalue weighted by Crippen LogP contribution is 2.30. The van der Waals surface area contributed by atoms with Crippen LogP contribution < -0.4 is 10.2 Å². The van der Waals surface area contributed by atoms with Crippen molar-refractivity contribution in [1.82, 2.24) is 15.0 Å². The first-order valence-corrected chi connectivity index (χ1v) is 8.29. The molecular formula is C18H15ClFN5. The van der Waals surface area contributed by atoms with E-state index in [0.717, 1.165) is 35.7 Å². The molecule has 126 valence electrons. The van der Waals surface area contributed by atoms with Gasteiger partial charge in [-0.05, 0) is 36.4 Å². The van der Waals surface area contributed by atoms with Crippen molar-refractivity contribution in [2.45, 2.75) is 13.0 Å². The van der Waals surface area contributed by atoms with Crippen LogP contribution in [0.4, 0.5) is 21.7 Å². The summed E-state index contributed by atoms with van der Waals surface area (Å²) in [5, 5.41) is 3.87. The lowest BCUT2D eigenvalue weighted by molar-refractivity contribution is 0.628. The minimum atomic E-state index is -0.272. The molecule has 0 aliphatic carbocycles. The first-order valence-electron chi connectivity index (χ1n) is 7.91. The van der Waals surface area contributed by atoms with E-state index in [0.29, 0.717) is 17.4 Å². The maximum atomic E-state index is 13.1. The molecule has 7 heteroatoms. The number of hydrogen-bond donors (Lipinski definition) is 1. The van der Waals surface area contributed by atoms with Gasteiger partial charge in [0.25, 0.3) is 0 Å². The normalized spacial score (nSPS) is 13.4. The molecule has 0 fully saturated rings. The first kappa shape index (κ1) is 15.8. The Morgan fingerprint density at radius 1 is 1.08 bits per heavy atom.